The van der Waals surface area contributed by atoms with E-state index < -0.39 is 0 Å². The van der Waals surface area contributed by atoms with Crippen molar-refractivity contribution in [3.05, 3.63) is 112 Å². The summed E-state index contributed by atoms with van der Waals surface area (Å²) >= 11 is 12.2. The average molecular weight is 488 g/mol. The Morgan fingerprint density at radius 3 is 2.44 bits per heavy atom. The molecule has 34 heavy (non-hydrogen) atoms. The molecule has 4 heterocycles. The predicted octanol–water partition coefficient (Wildman–Crippen LogP) is 6.02. The third-order valence-electron chi connectivity index (χ3n) is 6.46. The summed E-state index contributed by atoms with van der Waals surface area (Å²) in [6, 6.07) is 20.1. The second-order valence-corrected chi connectivity index (χ2v) is 9.49. The molecule has 1 fully saturated rings. The highest BCUT2D eigenvalue weighted by molar-refractivity contribution is 7.80. The van der Waals surface area contributed by atoms with Crippen molar-refractivity contribution in [2.24, 2.45) is 0 Å². The lowest BCUT2D eigenvalue weighted by atomic mass is 9.96. The van der Waals surface area contributed by atoms with Crippen LogP contribution in [0.5, 0.6) is 0 Å². The van der Waals surface area contributed by atoms with Gasteiger partial charge in [0.25, 0.3) is 0 Å². The summed E-state index contributed by atoms with van der Waals surface area (Å²) in [5.74, 6) is 0. The van der Waals surface area contributed by atoms with Crippen LogP contribution in [0.25, 0.3) is 5.69 Å². The fraction of sp³-hybridized carbons (Fsp3) is 0.222. The average Bonchev–Trinajstić information content (AvgIpc) is 3.31. The topological polar surface area (TPSA) is 46.0 Å². The first-order valence-corrected chi connectivity index (χ1v) is 12.1. The minimum Gasteiger partial charge on any atom is -0.352 e. The van der Waals surface area contributed by atoms with Crippen LogP contribution in [0.2, 0.25) is 5.02 Å². The molecule has 0 aliphatic carbocycles. The zero-order chi connectivity index (χ0) is 23.8. The number of pyridine rings is 2. The molecular weight excluding hydrogens is 462 g/mol. The van der Waals surface area contributed by atoms with Crippen molar-refractivity contribution in [2.45, 2.75) is 39.4 Å². The smallest absolute Gasteiger partial charge is 0.170 e. The summed E-state index contributed by atoms with van der Waals surface area (Å²) in [6.07, 6.45) is 3.65. The molecule has 5 nitrogen and oxygen atoms in total. The normalized spacial score (nSPS) is 17.8. The molecule has 0 unspecified atom stereocenters. The van der Waals surface area contributed by atoms with Gasteiger partial charge in [0.15, 0.2) is 5.11 Å². The number of nitrogens with zero attached hydrogens (tertiary/aromatic N) is 4. The van der Waals surface area contributed by atoms with Gasteiger partial charge < -0.3 is 14.8 Å². The highest BCUT2D eigenvalue weighted by atomic mass is 35.5. The van der Waals surface area contributed by atoms with Crippen molar-refractivity contribution >= 4 is 28.9 Å². The molecule has 1 aliphatic rings. The van der Waals surface area contributed by atoms with E-state index in [0.29, 0.717) is 11.7 Å². The number of hydrogen-bond acceptors (Lipinski definition) is 3. The van der Waals surface area contributed by atoms with E-state index in [1.807, 2.05) is 54.9 Å². The Morgan fingerprint density at radius 2 is 1.74 bits per heavy atom. The Labute approximate surface area is 210 Å². The summed E-state index contributed by atoms with van der Waals surface area (Å²) in [5.41, 5.74) is 7.70. The van der Waals surface area contributed by atoms with E-state index in [9.17, 15) is 0 Å². The van der Waals surface area contributed by atoms with Crippen LogP contribution >= 0.6 is 23.8 Å². The monoisotopic (exact) mass is 487 g/mol. The molecule has 1 saturated heterocycles. The predicted molar refractivity (Wildman–Crippen MR) is 140 cm³/mol. The summed E-state index contributed by atoms with van der Waals surface area (Å²) in [5, 5.41) is 4.97. The summed E-state index contributed by atoms with van der Waals surface area (Å²) < 4.78 is 2.28. The van der Waals surface area contributed by atoms with Crippen LogP contribution < -0.4 is 5.32 Å². The Kier molecular flexibility index (Phi) is 6.11. The van der Waals surface area contributed by atoms with E-state index >= 15 is 0 Å². The molecule has 5 rings (SSSR count). The number of aryl methyl sites for hydroxylation is 2. The van der Waals surface area contributed by atoms with Gasteiger partial charge in [-0.15, -0.1) is 0 Å². The molecule has 0 saturated carbocycles. The maximum Gasteiger partial charge on any atom is 0.170 e. The molecule has 3 aromatic heterocycles. The van der Waals surface area contributed by atoms with Gasteiger partial charge in [-0.2, -0.15) is 0 Å². The molecule has 1 aromatic carbocycles. The van der Waals surface area contributed by atoms with Crippen molar-refractivity contribution in [1.29, 1.82) is 0 Å². The highest BCUT2D eigenvalue weighted by Gasteiger charge is 2.41. The Balaban J connectivity index is 1.64. The SMILES string of the molecule is Cc1ccc(Cl)cc1-n1c(C)cc([C@H]2[C@H](c3ccccn3)NC(=S)N2Cc2ccccn2)c1C. The molecule has 172 valence electrons. The van der Waals surface area contributed by atoms with Crippen LogP contribution in [-0.4, -0.2) is 24.5 Å². The fourth-order valence-electron chi connectivity index (χ4n) is 4.86. The number of halogens is 1. The van der Waals surface area contributed by atoms with Gasteiger partial charge in [0, 0.05) is 34.5 Å². The minimum absolute atomic E-state index is 0.0381. The summed E-state index contributed by atoms with van der Waals surface area (Å²) in [7, 11) is 0. The standard InChI is InChI=1S/C27H26ClN5S/c1-17-10-11-20(28)15-24(17)33-18(2)14-22(19(33)3)26-25(23-9-5-7-13-30-23)31-27(34)32(26)16-21-8-4-6-12-29-21/h4-15,25-26H,16H2,1-3H3,(H,31,34)/t25-,26-/m0/s1. The Morgan fingerprint density at radius 1 is 0.971 bits per heavy atom. The molecule has 0 amide bonds. The lowest BCUT2D eigenvalue weighted by molar-refractivity contribution is 0.307. The first kappa shape index (κ1) is 22.6. The van der Waals surface area contributed by atoms with Crippen molar-refractivity contribution in [1.82, 2.24) is 24.8 Å². The molecule has 0 bridgehead atoms. The molecule has 7 heteroatoms. The van der Waals surface area contributed by atoms with Gasteiger partial charge in [-0.3, -0.25) is 9.97 Å². The first-order valence-electron chi connectivity index (χ1n) is 11.3. The number of rotatable bonds is 5. The maximum atomic E-state index is 6.38. The molecular formula is C27H26ClN5S. The van der Waals surface area contributed by atoms with Gasteiger partial charge in [0.2, 0.25) is 0 Å². The number of aromatic nitrogens is 3. The largest absolute Gasteiger partial charge is 0.352 e. The summed E-state index contributed by atoms with van der Waals surface area (Å²) in [4.78, 5) is 11.4. The summed E-state index contributed by atoms with van der Waals surface area (Å²) in [6.45, 7) is 7.02. The van der Waals surface area contributed by atoms with E-state index in [2.05, 4.69) is 63.7 Å². The van der Waals surface area contributed by atoms with Crippen molar-refractivity contribution in [2.75, 3.05) is 0 Å². The third-order valence-corrected chi connectivity index (χ3v) is 7.04. The molecule has 2 atom stereocenters. The lowest BCUT2D eigenvalue weighted by Gasteiger charge is -2.28. The number of benzene rings is 1. The fourth-order valence-corrected chi connectivity index (χ4v) is 5.33. The minimum atomic E-state index is -0.0770. The van der Waals surface area contributed by atoms with Crippen molar-refractivity contribution in [3.63, 3.8) is 0 Å². The quantitative estimate of drug-likeness (QED) is 0.349. The molecule has 0 spiro atoms. The van der Waals surface area contributed by atoms with E-state index in [-0.39, 0.29) is 12.1 Å². The third kappa shape index (κ3) is 4.08. The van der Waals surface area contributed by atoms with Crippen LogP contribution in [0.15, 0.2) is 73.1 Å². The van der Waals surface area contributed by atoms with Gasteiger partial charge in [0.1, 0.15) is 0 Å². The van der Waals surface area contributed by atoms with Gasteiger partial charge in [-0.05, 0) is 86.6 Å². The first-order chi connectivity index (χ1) is 16.4. The van der Waals surface area contributed by atoms with Crippen LogP contribution in [0, 0.1) is 20.8 Å². The van der Waals surface area contributed by atoms with Crippen LogP contribution in [0.1, 0.15) is 46.0 Å². The van der Waals surface area contributed by atoms with Crippen LogP contribution in [-0.2, 0) is 6.54 Å². The van der Waals surface area contributed by atoms with Gasteiger partial charge in [0.05, 0.1) is 30.0 Å². The van der Waals surface area contributed by atoms with Gasteiger partial charge in [-0.1, -0.05) is 29.8 Å². The second kappa shape index (κ2) is 9.20. The molecule has 1 N–H and O–H groups in total. The van der Waals surface area contributed by atoms with E-state index in [1.165, 1.54) is 11.1 Å². The van der Waals surface area contributed by atoms with Gasteiger partial charge >= 0.3 is 0 Å². The highest BCUT2D eigenvalue weighted by Crippen LogP contribution is 2.42. The molecule has 1 aliphatic heterocycles. The van der Waals surface area contributed by atoms with E-state index in [1.54, 1.807) is 0 Å². The number of hydrogen-bond donors (Lipinski definition) is 1. The van der Waals surface area contributed by atoms with Gasteiger partial charge in [-0.25, -0.2) is 0 Å². The zero-order valence-electron chi connectivity index (χ0n) is 19.4. The second-order valence-electron chi connectivity index (χ2n) is 8.67. The van der Waals surface area contributed by atoms with E-state index in [0.717, 1.165) is 33.5 Å². The lowest BCUT2D eigenvalue weighted by Crippen LogP contribution is -2.29. The zero-order valence-corrected chi connectivity index (χ0v) is 20.9. The van der Waals surface area contributed by atoms with Crippen molar-refractivity contribution < 1.29 is 0 Å². The Hall–Kier alpha value is -3.22. The molecule has 0 radical (unpaired) electrons. The number of nitrogens with one attached hydrogen (secondary N) is 1. The maximum absolute atomic E-state index is 6.38. The van der Waals surface area contributed by atoms with E-state index in [4.69, 9.17) is 23.8 Å². The van der Waals surface area contributed by atoms with Crippen LogP contribution in [0.3, 0.4) is 0 Å². The Bertz CT molecular complexity index is 1340. The van der Waals surface area contributed by atoms with Crippen molar-refractivity contribution in [3.8, 4) is 5.69 Å². The molecule has 4 aromatic rings. The number of thiocarbonyl (C=S) groups is 1. The van der Waals surface area contributed by atoms with Crippen LogP contribution in [0.4, 0.5) is 0 Å².